The first kappa shape index (κ1) is 14.0. The first-order valence-corrected chi connectivity index (χ1v) is 7.12. The molecule has 0 aliphatic rings. The number of hydrogen-bond acceptors (Lipinski definition) is 2. The first-order valence-electron chi connectivity index (χ1n) is 7.12. The van der Waals surface area contributed by atoms with Crippen LogP contribution in [0.3, 0.4) is 0 Å². The summed E-state index contributed by atoms with van der Waals surface area (Å²) in [6.45, 7) is 2.00. The van der Waals surface area contributed by atoms with E-state index >= 15 is 0 Å². The molecule has 0 amide bonds. The van der Waals surface area contributed by atoms with Crippen LogP contribution in [0.5, 0.6) is 0 Å². The van der Waals surface area contributed by atoms with Crippen LogP contribution in [-0.4, -0.2) is 16.0 Å². The van der Waals surface area contributed by atoms with Crippen LogP contribution in [0.2, 0.25) is 0 Å². The summed E-state index contributed by atoms with van der Waals surface area (Å²) in [6.07, 6.45) is 5.54. The van der Waals surface area contributed by atoms with Crippen molar-refractivity contribution < 1.29 is 4.79 Å². The number of benzene rings is 2. The summed E-state index contributed by atoms with van der Waals surface area (Å²) in [5.41, 5.74) is 4.16. The zero-order valence-electron chi connectivity index (χ0n) is 12.3. The molecule has 0 bridgehead atoms. The SMILES string of the molecule is Cc1ccc(C(=O)c2[nH]ncc2/C=C/c2ccccc2)cc1. The van der Waals surface area contributed by atoms with Crippen molar-refractivity contribution in [3.8, 4) is 0 Å². The van der Waals surface area contributed by atoms with Crippen LogP contribution in [-0.2, 0) is 0 Å². The lowest BCUT2D eigenvalue weighted by atomic mass is 10.0. The molecule has 1 heterocycles. The summed E-state index contributed by atoms with van der Waals surface area (Å²) in [7, 11) is 0. The summed E-state index contributed by atoms with van der Waals surface area (Å²) in [5, 5.41) is 6.81. The van der Waals surface area contributed by atoms with Gasteiger partial charge < -0.3 is 0 Å². The Balaban J connectivity index is 1.87. The Hall–Kier alpha value is -2.94. The van der Waals surface area contributed by atoms with E-state index in [9.17, 15) is 4.79 Å². The summed E-state index contributed by atoms with van der Waals surface area (Å²) >= 11 is 0. The van der Waals surface area contributed by atoms with Crippen LogP contribution in [0.4, 0.5) is 0 Å². The lowest BCUT2D eigenvalue weighted by Gasteiger charge is -2.01. The Labute approximate surface area is 129 Å². The van der Waals surface area contributed by atoms with Crippen LogP contribution in [0.25, 0.3) is 12.2 Å². The van der Waals surface area contributed by atoms with Gasteiger partial charge in [-0.25, -0.2) is 0 Å². The van der Waals surface area contributed by atoms with E-state index < -0.39 is 0 Å². The van der Waals surface area contributed by atoms with Crippen LogP contribution in [0.15, 0.2) is 60.8 Å². The number of ketones is 1. The second kappa shape index (κ2) is 6.22. The zero-order valence-corrected chi connectivity index (χ0v) is 12.3. The average molecular weight is 288 g/mol. The fourth-order valence-electron chi connectivity index (χ4n) is 2.20. The number of nitrogens with one attached hydrogen (secondary N) is 1. The number of aryl methyl sites for hydroxylation is 1. The molecule has 0 unspecified atom stereocenters. The minimum absolute atomic E-state index is 0.0507. The minimum atomic E-state index is -0.0507. The smallest absolute Gasteiger partial charge is 0.211 e. The predicted molar refractivity (Wildman–Crippen MR) is 88.6 cm³/mol. The molecule has 3 heteroatoms. The molecule has 22 heavy (non-hydrogen) atoms. The highest BCUT2D eigenvalue weighted by Gasteiger charge is 2.14. The molecule has 2 aromatic carbocycles. The van der Waals surface area contributed by atoms with Gasteiger partial charge in [0.05, 0.1) is 6.20 Å². The van der Waals surface area contributed by atoms with E-state index in [2.05, 4.69) is 10.2 Å². The number of nitrogens with zero attached hydrogens (tertiary/aromatic N) is 1. The van der Waals surface area contributed by atoms with Crippen LogP contribution < -0.4 is 0 Å². The molecule has 0 atom stereocenters. The molecule has 3 rings (SSSR count). The third kappa shape index (κ3) is 3.04. The van der Waals surface area contributed by atoms with E-state index in [1.54, 1.807) is 6.20 Å². The Bertz CT molecular complexity index is 799. The van der Waals surface area contributed by atoms with Gasteiger partial charge in [-0.3, -0.25) is 9.89 Å². The summed E-state index contributed by atoms with van der Waals surface area (Å²) in [5.74, 6) is -0.0507. The van der Waals surface area contributed by atoms with Crippen LogP contribution in [0, 0.1) is 6.92 Å². The molecule has 0 aliphatic heterocycles. The van der Waals surface area contributed by atoms with Crippen LogP contribution in [0.1, 0.15) is 32.7 Å². The maximum absolute atomic E-state index is 12.5. The summed E-state index contributed by atoms with van der Waals surface area (Å²) < 4.78 is 0. The zero-order chi connectivity index (χ0) is 15.4. The quantitative estimate of drug-likeness (QED) is 0.734. The topological polar surface area (TPSA) is 45.8 Å². The van der Waals surface area contributed by atoms with E-state index in [0.29, 0.717) is 11.3 Å². The molecule has 0 radical (unpaired) electrons. The Morgan fingerprint density at radius 3 is 2.45 bits per heavy atom. The van der Waals surface area contributed by atoms with Crippen molar-refractivity contribution in [2.45, 2.75) is 6.92 Å². The predicted octanol–water partition coefficient (Wildman–Crippen LogP) is 4.12. The van der Waals surface area contributed by atoms with E-state index in [0.717, 1.165) is 16.7 Å². The van der Waals surface area contributed by atoms with Gasteiger partial charge in [0, 0.05) is 11.1 Å². The Morgan fingerprint density at radius 2 is 1.73 bits per heavy atom. The highest BCUT2D eigenvalue weighted by molar-refractivity contribution is 6.09. The molecule has 0 saturated heterocycles. The number of aromatic nitrogens is 2. The van der Waals surface area contributed by atoms with Gasteiger partial charge in [-0.2, -0.15) is 5.10 Å². The molecule has 0 fully saturated rings. The highest BCUT2D eigenvalue weighted by atomic mass is 16.1. The standard InChI is InChI=1S/C19H16N2O/c1-14-7-10-16(11-8-14)19(22)18-17(13-20-21-18)12-9-15-5-3-2-4-6-15/h2-13H,1H3,(H,20,21)/b12-9+. The second-order valence-electron chi connectivity index (χ2n) is 5.14. The van der Waals surface area contributed by atoms with Gasteiger partial charge in [0.15, 0.2) is 0 Å². The van der Waals surface area contributed by atoms with Gasteiger partial charge >= 0.3 is 0 Å². The number of carbonyl (C=O) groups excluding carboxylic acids is 1. The Morgan fingerprint density at radius 1 is 1.00 bits per heavy atom. The molecule has 108 valence electrons. The highest BCUT2D eigenvalue weighted by Crippen LogP contribution is 2.15. The average Bonchev–Trinajstić information content (AvgIpc) is 3.02. The van der Waals surface area contributed by atoms with E-state index in [4.69, 9.17) is 0 Å². The molecule has 3 nitrogen and oxygen atoms in total. The van der Waals surface area contributed by atoms with E-state index in [1.165, 1.54) is 0 Å². The van der Waals surface area contributed by atoms with Gasteiger partial charge in [0.2, 0.25) is 5.78 Å². The van der Waals surface area contributed by atoms with E-state index in [1.807, 2.05) is 73.7 Å². The molecule has 1 aromatic heterocycles. The largest absolute Gasteiger partial charge is 0.287 e. The normalized spacial score (nSPS) is 11.0. The van der Waals surface area contributed by atoms with Gasteiger partial charge in [-0.15, -0.1) is 0 Å². The Kier molecular flexibility index (Phi) is 3.97. The molecular weight excluding hydrogens is 272 g/mol. The third-order valence-electron chi connectivity index (χ3n) is 3.46. The van der Waals surface area contributed by atoms with E-state index in [-0.39, 0.29) is 5.78 Å². The fourth-order valence-corrected chi connectivity index (χ4v) is 2.20. The number of carbonyl (C=O) groups is 1. The number of H-pyrrole nitrogens is 1. The maximum atomic E-state index is 12.5. The van der Waals surface area contributed by atoms with Gasteiger partial charge in [0.25, 0.3) is 0 Å². The molecule has 1 N–H and O–H groups in total. The van der Waals surface area contributed by atoms with Crippen molar-refractivity contribution in [3.63, 3.8) is 0 Å². The van der Waals surface area contributed by atoms with Crippen molar-refractivity contribution in [2.75, 3.05) is 0 Å². The first-order chi connectivity index (χ1) is 10.7. The van der Waals surface area contributed by atoms with Crippen molar-refractivity contribution >= 4 is 17.9 Å². The van der Waals surface area contributed by atoms with Crippen molar-refractivity contribution in [3.05, 3.63) is 88.7 Å². The summed E-state index contributed by atoms with van der Waals surface area (Å²) in [4.78, 5) is 12.5. The van der Waals surface area contributed by atoms with Crippen molar-refractivity contribution in [2.24, 2.45) is 0 Å². The monoisotopic (exact) mass is 288 g/mol. The second-order valence-corrected chi connectivity index (χ2v) is 5.14. The van der Waals surface area contributed by atoms with Crippen molar-refractivity contribution in [1.29, 1.82) is 0 Å². The lowest BCUT2D eigenvalue weighted by molar-refractivity contribution is 0.103. The minimum Gasteiger partial charge on any atom is -0.287 e. The number of rotatable bonds is 4. The lowest BCUT2D eigenvalue weighted by Crippen LogP contribution is -2.03. The number of aromatic amines is 1. The number of hydrogen-bond donors (Lipinski definition) is 1. The van der Waals surface area contributed by atoms with Gasteiger partial charge in [-0.1, -0.05) is 72.3 Å². The van der Waals surface area contributed by atoms with Gasteiger partial charge in [-0.05, 0) is 12.5 Å². The van der Waals surface area contributed by atoms with Crippen molar-refractivity contribution in [1.82, 2.24) is 10.2 Å². The maximum Gasteiger partial charge on any atom is 0.211 e. The molecular formula is C19H16N2O. The fraction of sp³-hybridized carbons (Fsp3) is 0.0526. The molecule has 3 aromatic rings. The molecule has 0 aliphatic carbocycles. The van der Waals surface area contributed by atoms with Gasteiger partial charge in [0.1, 0.15) is 5.69 Å². The third-order valence-corrected chi connectivity index (χ3v) is 3.46. The van der Waals surface area contributed by atoms with Crippen LogP contribution >= 0.6 is 0 Å². The molecule has 0 spiro atoms. The molecule has 0 saturated carbocycles. The summed E-state index contributed by atoms with van der Waals surface area (Å²) in [6, 6.07) is 17.5.